The molecule has 4 aromatic rings. The average Bonchev–Trinajstić information content (AvgIpc) is 3.30. The number of hydrogen-bond acceptors (Lipinski definition) is 4. The van der Waals surface area contributed by atoms with Gasteiger partial charge in [0.25, 0.3) is 0 Å². The number of para-hydroxylation sites is 1. The maximum atomic E-state index is 13.3. The van der Waals surface area contributed by atoms with Crippen LogP contribution in [-0.4, -0.2) is 35.0 Å². The first kappa shape index (κ1) is 24.5. The highest BCUT2D eigenvalue weighted by atomic mass is 16.5. The van der Waals surface area contributed by atoms with Crippen molar-refractivity contribution in [1.29, 1.82) is 0 Å². The minimum absolute atomic E-state index is 0.0615. The molecule has 36 heavy (non-hydrogen) atoms. The minimum atomic E-state index is -0.995. The number of nitrogens with two attached hydrogens (primary N) is 1. The van der Waals surface area contributed by atoms with Gasteiger partial charge in [-0.15, -0.1) is 0 Å². The fourth-order valence-corrected chi connectivity index (χ4v) is 3.98. The second-order valence-corrected chi connectivity index (χ2v) is 8.48. The van der Waals surface area contributed by atoms with E-state index in [1.807, 2.05) is 84.9 Å². The number of alkyl carbamates (subject to hydrolysis) is 1. The van der Waals surface area contributed by atoms with E-state index >= 15 is 0 Å². The van der Waals surface area contributed by atoms with E-state index in [0.717, 1.165) is 27.6 Å². The Morgan fingerprint density at radius 2 is 1.42 bits per heavy atom. The average molecular weight is 485 g/mol. The Balaban J connectivity index is 1.50. The van der Waals surface area contributed by atoms with E-state index in [9.17, 15) is 14.4 Å². The number of rotatable bonds is 10. The first-order chi connectivity index (χ1) is 17.5. The van der Waals surface area contributed by atoms with Gasteiger partial charge in [-0.25, -0.2) is 4.79 Å². The Bertz CT molecular complexity index is 1320. The Labute approximate surface area is 208 Å². The summed E-state index contributed by atoms with van der Waals surface area (Å²) in [5.74, 6) is -1.19. The van der Waals surface area contributed by atoms with Gasteiger partial charge in [-0.05, 0) is 22.8 Å². The summed E-state index contributed by atoms with van der Waals surface area (Å²) in [5, 5.41) is 6.31. The van der Waals surface area contributed by atoms with E-state index in [4.69, 9.17) is 10.5 Å². The molecule has 5 N–H and O–H groups in total. The zero-order chi connectivity index (χ0) is 25.3. The number of ether oxygens (including phenoxy) is 1. The zero-order valence-corrected chi connectivity index (χ0v) is 19.6. The molecule has 8 nitrogen and oxygen atoms in total. The number of primary amides is 1. The number of H-pyrrole nitrogens is 1. The van der Waals surface area contributed by atoms with Crippen molar-refractivity contribution >= 4 is 28.8 Å². The molecule has 0 aliphatic heterocycles. The summed E-state index contributed by atoms with van der Waals surface area (Å²) in [7, 11) is 0. The molecule has 0 fully saturated rings. The maximum Gasteiger partial charge on any atom is 0.408 e. The molecule has 3 amide bonds. The monoisotopic (exact) mass is 484 g/mol. The third-order valence-corrected chi connectivity index (χ3v) is 5.86. The number of fused-ring (bicyclic) bond motifs is 1. The topological polar surface area (TPSA) is 126 Å². The highest BCUT2D eigenvalue weighted by Gasteiger charge is 2.27. The van der Waals surface area contributed by atoms with Crippen LogP contribution in [0.25, 0.3) is 10.9 Å². The van der Waals surface area contributed by atoms with Crippen molar-refractivity contribution in [3.8, 4) is 0 Å². The largest absolute Gasteiger partial charge is 0.445 e. The number of nitrogens with one attached hydrogen (secondary N) is 3. The molecule has 0 unspecified atom stereocenters. The second-order valence-electron chi connectivity index (χ2n) is 8.48. The van der Waals surface area contributed by atoms with E-state index in [0.29, 0.717) is 0 Å². The van der Waals surface area contributed by atoms with E-state index in [1.165, 1.54) is 0 Å². The van der Waals surface area contributed by atoms with Crippen molar-refractivity contribution < 1.29 is 19.1 Å². The van der Waals surface area contributed by atoms with Gasteiger partial charge in [0.05, 0.1) is 0 Å². The molecule has 1 aromatic heterocycles. The van der Waals surface area contributed by atoms with Gasteiger partial charge in [0.2, 0.25) is 11.8 Å². The lowest BCUT2D eigenvalue weighted by Crippen LogP contribution is -2.54. The summed E-state index contributed by atoms with van der Waals surface area (Å²) in [6.07, 6.45) is 1.49. The summed E-state index contributed by atoms with van der Waals surface area (Å²) in [4.78, 5) is 41.2. The van der Waals surface area contributed by atoms with Gasteiger partial charge in [0.15, 0.2) is 0 Å². The molecule has 0 spiro atoms. The fraction of sp³-hybridized carbons (Fsp3) is 0.179. The lowest BCUT2D eigenvalue weighted by molar-refractivity contribution is -0.128. The van der Waals surface area contributed by atoms with Crippen LogP contribution in [0.4, 0.5) is 4.79 Å². The molecule has 0 aliphatic carbocycles. The standard InChI is InChI=1S/C28H28N4O4/c29-26(33)24(15-19-9-3-1-4-10-19)31-27(34)25(16-21-17-30-23-14-8-7-13-22(21)23)32-28(35)36-18-20-11-5-2-6-12-20/h1-14,17,24-25,30H,15-16,18H2,(H2,29,33)(H,31,34)(H,32,35)/t24-,25+/m1/s1. The molecule has 0 bridgehead atoms. The molecule has 2 atom stereocenters. The highest BCUT2D eigenvalue weighted by Crippen LogP contribution is 2.19. The zero-order valence-electron chi connectivity index (χ0n) is 19.6. The first-order valence-corrected chi connectivity index (χ1v) is 11.7. The Hall–Kier alpha value is -4.59. The summed E-state index contributed by atoms with van der Waals surface area (Å²) >= 11 is 0. The van der Waals surface area contributed by atoms with Gasteiger partial charge in [0, 0.05) is 29.9 Å². The molecule has 3 aromatic carbocycles. The summed E-state index contributed by atoms with van der Waals surface area (Å²) < 4.78 is 5.33. The Morgan fingerprint density at radius 1 is 0.778 bits per heavy atom. The van der Waals surface area contributed by atoms with Crippen LogP contribution in [0, 0.1) is 0 Å². The van der Waals surface area contributed by atoms with Crippen molar-refractivity contribution in [3.63, 3.8) is 0 Å². The molecule has 4 rings (SSSR count). The lowest BCUT2D eigenvalue weighted by atomic mass is 10.0. The van der Waals surface area contributed by atoms with Crippen LogP contribution in [0.2, 0.25) is 0 Å². The van der Waals surface area contributed by atoms with Gasteiger partial charge < -0.3 is 26.1 Å². The summed E-state index contributed by atoms with van der Waals surface area (Å²) in [5.41, 5.74) is 9.01. The first-order valence-electron chi connectivity index (χ1n) is 11.7. The van der Waals surface area contributed by atoms with E-state index < -0.39 is 30.0 Å². The predicted molar refractivity (Wildman–Crippen MR) is 137 cm³/mol. The van der Waals surface area contributed by atoms with Crippen LogP contribution >= 0.6 is 0 Å². The number of carbonyl (C=O) groups excluding carboxylic acids is 3. The van der Waals surface area contributed by atoms with Gasteiger partial charge >= 0.3 is 6.09 Å². The van der Waals surface area contributed by atoms with Crippen molar-refractivity contribution in [3.05, 3.63) is 108 Å². The van der Waals surface area contributed by atoms with Crippen LogP contribution in [0.15, 0.2) is 91.1 Å². The van der Waals surface area contributed by atoms with Crippen molar-refractivity contribution in [2.75, 3.05) is 0 Å². The number of carbonyl (C=O) groups is 3. The lowest BCUT2D eigenvalue weighted by Gasteiger charge is -2.22. The third-order valence-electron chi connectivity index (χ3n) is 5.86. The second kappa shape index (κ2) is 11.7. The van der Waals surface area contributed by atoms with Crippen molar-refractivity contribution in [2.45, 2.75) is 31.5 Å². The maximum absolute atomic E-state index is 13.3. The number of aromatic nitrogens is 1. The van der Waals surface area contributed by atoms with E-state index in [1.54, 1.807) is 6.20 Å². The van der Waals surface area contributed by atoms with Gasteiger partial charge in [0.1, 0.15) is 18.7 Å². The minimum Gasteiger partial charge on any atom is -0.445 e. The van der Waals surface area contributed by atoms with Crippen molar-refractivity contribution in [1.82, 2.24) is 15.6 Å². The molecular formula is C28H28N4O4. The molecule has 0 radical (unpaired) electrons. The van der Waals surface area contributed by atoms with Crippen LogP contribution in [0.3, 0.4) is 0 Å². The van der Waals surface area contributed by atoms with Gasteiger partial charge in [-0.1, -0.05) is 78.9 Å². The molecule has 0 aliphatic rings. The number of amides is 3. The number of aromatic amines is 1. The summed E-state index contributed by atoms with van der Waals surface area (Å²) in [6, 6.07) is 24.2. The third kappa shape index (κ3) is 6.50. The summed E-state index contributed by atoms with van der Waals surface area (Å²) in [6.45, 7) is 0.0615. The van der Waals surface area contributed by atoms with Crippen LogP contribution in [0.5, 0.6) is 0 Å². The smallest absolute Gasteiger partial charge is 0.408 e. The van der Waals surface area contributed by atoms with Crippen molar-refractivity contribution in [2.24, 2.45) is 5.73 Å². The molecular weight excluding hydrogens is 456 g/mol. The molecule has 0 saturated carbocycles. The van der Waals surface area contributed by atoms with Crippen LogP contribution in [0.1, 0.15) is 16.7 Å². The molecule has 184 valence electrons. The fourth-order valence-electron chi connectivity index (χ4n) is 3.98. The predicted octanol–water partition coefficient (Wildman–Crippen LogP) is 3.22. The SMILES string of the molecule is NC(=O)[C@@H](Cc1ccccc1)NC(=O)[C@H](Cc1c[nH]c2ccccc12)NC(=O)OCc1ccccc1. The highest BCUT2D eigenvalue weighted by molar-refractivity contribution is 5.92. The quantitative estimate of drug-likeness (QED) is 0.276. The molecule has 0 saturated heterocycles. The molecule has 1 heterocycles. The Morgan fingerprint density at radius 3 is 2.11 bits per heavy atom. The van der Waals surface area contributed by atoms with Gasteiger partial charge in [-0.3, -0.25) is 9.59 Å². The van der Waals surface area contributed by atoms with E-state index in [2.05, 4.69) is 15.6 Å². The van der Waals surface area contributed by atoms with Crippen LogP contribution < -0.4 is 16.4 Å². The van der Waals surface area contributed by atoms with E-state index in [-0.39, 0.29) is 19.4 Å². The van der Waals surface area contributed by atoms with Crippen LogP contribution in [-0.2, 0) is 33.8 Å². The normalized spacial score (nSPS) is 12.4. The Kier molecular flexibility index (Phi) is 7.97. The number of hydrogen-bond donors (Lipinski definition) is 4. The number of benzene rings is 3. The molecule has 8 heteroatoms. The van der Waals surface area contributed by atoms with Gasteiger partial charge in [-0.2, -0.15) is 0 Å².